The summed E-state index contributed by atoms with van der Waals surface area (Å²) >= 11 is 0. The largest absolute Gasteiger partial charge is 0.362 e. The smallest absolute Gasteiger partial charge is 0.248 e. The molecule has 0 radical (unpaired) electrons. The number of benzene rings is 1. The van der Waals surface area contributed by atoms with Gasteiger partial charge >= 0.3 is 0 Å². The van der Waals surface area contributed by atoms with Crippen LogP contribution in [0, 0.1) is 0 Å². The van der Waals surface area contributed by atoms with Crippen molar-refractivity contribution in [2.75, 3.05) is 33.3 Å². The molecule has 1 atom stereocenters. The van der Waals surface area contributed by atoms with Gasteiger partial charge in [-0.25, -0.2) is 4.63 Å². The molecule has 2 aliphatic heterocycles. The molecule has 2 aromatic rings. The zero-order valence-corrected chi connectivity index (χ0v) is 12.5. The van der Waals surface area contributed by atoms with Crippen LogP contribution in [0.2, 0.25) is 0 Å². The summed E-state index contributed by atoms with van der Waals surface area (Å²) in [5.41, 5.74) is 2.49. The van der Waals surface area contributed by atoms with Crippen LogP contribution in [0.15, 0.2) is 22.8 Å². The van der Waals surface area contributed by atoms with Crippen LogP contribution in [0.25, 0.3) is 11.0 Å². The lowest BCUT2D eigenvalue weighted by Gasteiger charge is -2.38. The molecule has 7 nitrogen and oxygen atoms in total. The average molecular weight is 302 g/mol. The van der Waals surface area contributed by atoms with Crippen molar-refractivity contribution in [2.45, 2.75) is 18.6 Å². The molecule has 1 amide bonds. The number of likely N-dealkylation sites (tertiary alicyclic amines) is 1. The van der Waals surface area contributed by atoms with Crippen molar-refractivity contribution < 1.29 is 14.2 Å². The maximum absolute atomic E-state index is 11.6. The number of morpholine rings is 1. The standard InChI is InChI=1S/C15H18N4O3/c1-18-9-15(21-8-13(18)20)5-6-19(10-15)7-11-3-2-4-12-14(11)17-22-16-12/h2-4H,5-10H2,1H3/t15-/m0/s1. The summed E-state index contributed by atoms with van der Waals surface area (Å²) < 4.78 is 10.7. The number of ether oxygens (including phenoxy) is 1. The van der Waals surface area contributed by atoms with E-state index >= 15 is 0 Å². The Morgan fingerprint density at radius 2 is 2.23 bits per heavy atom. The first kappa shape index (κ1) is 13.7. The summed E-state index contributed by atoms with van der Waals surface area (Å²) in [4.78, 5) is 15.7. The maximum atomic E-state index is 11.6. The lowest BCUT2D eigenvalue weighted by molar-refractivity contribution is -0.159. The molecule has 7 heteroatoms. The number of rotatable bonds is 2. The summed E-state index contributed by atoms with van der Waals surface area (Å²) in [6.07, 6.45) is 0.942. The number of carbonyl (C=O) groups is 1. The van der Waals surface area contributed by atoms with E-state index < -0.39 is 0 Å². The Kier molecular flexibility index (Phi) is 3.12. The zero-order chi connectivity index (χ0) is 15.2. The monoisotopic (exact) mass is 302 g/mol. The Morgan fingerprint density at radius 3 is 3.09 bits per heavy atom. The zero-order valence-electron chi connectivity index (χ0n) is 12.5. The molecule has 0 bridgehead atoms. The molecular formula is C15H18N4O3. The van der Waals surface area contributed by atoms with E-state index in [-0.39, 0.29) is 18.1 Å². The molecule has 0 aliphatic carbocycles. The highest BCUT2D eigenvalue weighted by Gasteiger charge is 2.44. The molecule has 116 valence electrons. The number of hydrogen-bond donors (Lipinski definition) is 0. The van der Waals surface area contributed by atoms with Crippen LogP contribution in [0.5, 0.6) is 0 Å². The van der Waals surface area contributed by atoms with Gasteiger partial charge in [-0.2, -0.15) is 0 Å². The topological polar surface area (TPSA) is 71.7 Å². The molecule has 1 aromatic heterocycles. The normalized spacial score (nSPS) is 26.4. The van der Waals surface area contributed by atoms with E-state index in [1.165, 1.54) is 0 Å². The SMILES string of the molecule is CN1C[C@]2(CCN(Cc3cccc4nonc34)C2)OCC1=O. The molecule has 2 fully saturated rings. The molecule has 0 N–H and O–H groups in total. The van der Waals surface area contributed by atoms with Crippen molar-refractivity contribution in [1.82, 2.24) is 20.1 Å². The number of aromatic nitrogens is 2. The predicted molar refractivity (Wildman–Crippen MR) is 78.0 cm³/mol. The van der Waals surface area contributed by atoms with E-state index in [1.54, 1.807) is 4.90 Å². The minimum atomic E-state index is -0.224. The third-order valence-corrected chi connectivity index (χ3v) is 4.61. The molecule has 2 saturated heterocycles. The molecule has 3 heterocycles. The van der Waals surface area contributed by atoms with E-state index in [0.717, 1.165) is 42.7 Å². The average Bonchev–Trinajstić information content (AvgIpc) is 3.12. The van der Waals surface area contributed by atoms with E-state index in [4.69, 9.17) is 9.37 Å². The maximum Gasteiger partial charge on any atom is 0.248 e. The van der Waals surface area contributed by atoms with Gasteiger partial charge in [0.1, 0.15) is 23.2 Å². The lowest BCUT2D eigenvalue weighted by Crippen LogP contribution is -2.54. The number of hydrogen-bond acceptors (Lipinski definition) is 6. The van der Waals surface area contributed by atoms with Crippen LogP contribution in [-0.2, 0) is 16.1 Å². The Balaban J connectivity index is 1.49. The Hall–Kier alpha value is -1.99. The first-order valence-corrected chi connectivity index (χ1v) is 7.46. The Labute approximate surface area is 127 Å². The number of likely N-dealkylation sites (N-methyl/N-ethyl adjacent to an activating group) is 1. The van der Waals surface area contributed by atoms with Gasteiger partial charge in [0.15, 0.2) is 0 Å². The molecule has 0 saturated carbocycles. The van der Waals surface area contributed by atoms with Crippen molar-refractivity contribution >= 4 is 16.9 Å². The second-order valence-electron chi connectivity index (χ2n) is 6.23. The van der Waals surface area contributed by atoms with Crippen molar-refractivity contribution in [3.63, 3.8) is 0 Å². The van der Waals surface area contributed by atoms with Crippen LogP contribution in [0.4, 0.5) is 0 Å². The molecule has 22 heavy (non-hydrogen) atoms. The Morgan fingerprint density at radius 1 is 1.32 bits per heavy atom. The minimum absolute atomic E-state index is 0.0579. The molecule has 4 rings (SSSR count). The van der Waals surface area contributed by atoms with Crippen LogP contribution in [-0.4, -0.2) is 64.9 Å². The van der Waals surface area contributed by atoms with Gasteiger partial charge in [0.25, 0.3) is 0 Å². The number of amides is 1. The second kappa shape index (κ2) is 5.03. The molecular weight excluding hydrogens is 284 g/mol. The second-order valence-corrected chi connectivity index (χ2v) is 6.23. The number of nitrogens with zero attached hydrogens (tertiary/aromatic N) is 4. The van der Waals surface area contributed by atoms with Crippen molar-refractivity contribution in [3.05, 3.63) is 23.8 Å². The molecule has 1 aromatic carbocycles. The van der Waals surface area contributed by atoms with Crippen LogP contribution in [0.3, 0.4) is 0 Å². The van der Waals surface area contributed by atoms with Gasteiger partial charge in [0, 0.05) is 26.7 Å². The quantitative estimate of drug-likeness (QED) is 0.811. The van der Waals surface area contributed by atoms with E-state index in [1.807, 2.05) is 19.2 Å². The summed E-state index contributed by atoms with van der Waals surface area (Å²) in [6, 6.07) is 5.91. The first-order valence-electron chi connectivity index (χ1n) is 7.46. The van der Waals surface area contributed by atoms with E-state index in [2.05, 4.69) is 21.3 Å². The van der Waals surface area contributed by atoms with E-state index in [9.17, 15) is 4.79 Å². The van der Waals surface area contributed by atoms with Gasteiger partial charge in [-0.05, 0) is 28.4 Å². The van der Waals surface area contributed by atoms with Crippen LogP contribution >= 0.6 is 0 Å². The molecule has 1 spiro atoms. The lowest BCUT2D eigenvalue weighted by atomic mass is 10.0. The summed E-state index contributed by atoms with van der Waals surface area (Å²) in [5.74, 6) is 0.0579. The molecule has 2 aliphatic rings. The number of carbonyl (C=O) groups excluding carboxylic acids is 1. The fraction of sp³-hybridized carbons (Fsp3) is 0.533. The highest BCUT2D eigenvalue weighted by atomic mass is 16.6. The summed E-state index contributed by atoms with van der Waals surface area (Å²) in [5, 5.41) is 7.87. The Bertz CT molecular complexity index is 716. The predicted octanol–water partition coefficient (Wildman–Crippen LogP) is 0.656. The van der Waals surface area contributed by atoms with Gasteiger partial charge in [0.05, 0.1) is 6.54 Å². The van der Waals surface area contributed by atoms with E-state index in [0.29, 0.717) is 6.54 Å². The van der Waals surface area contributed by atoms with Crippen LogP contribution < -0.4 is 0 Å². The molecule has 0 unspecified atom stereocenters. The summed E-state index contributed by atoms with van der Waals surface area (Å²) in [7, 11) is 1.84. The highest BCUT2D eigenvalue weighted by molar-refractivity contribution is 5.78. The third kappa shape index (κ3) is 2.26. The fourth-order valence-electron chi connectivity index (χ4n) is 3.43. The van der Waals surface area contributed by atoms with Crippen molar-refractivity contribution in [2.24, 2.45) is 0 Å². The van der Waals surface area contributed by atoms with Gasteiger partial charge < -0.3 is 9.64 Å². The van der Waals surface area contributed by atoms with Gasteiger partial charge in [-0.15, -0.1) is 0 Å². The van der Waals surface area contributed by atoms with Crippen molar-refractivity contribution in [3.8, 4) is 0 Å². The number of fused-ring (bicyclic) bond motifs is 1. The minimum Gasteiger partial charge on any atom is -0.362 e. The van der Waals surface area contributed by atoms with Gasteiger partial charge in [-0.3, -0.25) is 9.69 Å². The fourth-order valence-corrected chi connectivity index (χ4v) is 3.43. The van der Waals surface area contributed by atoms with Gasteiger partial charge in [0.2, 0.25) is 5.91 Å². The summed E-state index contributed by atoms with van der Waals surface area (Å²) in [6.45, 7) is 3.41. The van der Waals surface area contributed by atoms with Crippen LogP contribution in [0.1, 0.15) is 12.0 Å². The highest BCUT2D eigenvalue weighted by Crippen LogP contribution is 2.30. The van der Waals surface area contributed by atoms with Crippen molar-refractivity contribution in [1.29, 1.82) is 0 Å². The van der Waals surface area contributed by atoms with Gasteiger partial charge in [-0.1, -0.05) is 12.1 Å². The third-order valence-electron chi connectivity index (χ3n) is 4.61. The first-order chi connectivity index (χ1) is 10.7.